The molecule has 0 radical (unpaired) electrons. The number of carbonyl (C=O) groups excluding carboxylic acids is 1. The van der Waals surface area contributed by atoms with Crippen molar-refractivity contribution >= 4 is 11.9 Å². The molecule has 2 N–H and O–H groups in total. The lowest BCUT2D eigenvalue weighted by Crippen LogP contribution is -2.32. The lowest BCUT2D eigenvalue weighted by atomic mass is 10.0. The second-order valence-electron chi connectivity index (χ2n) is 4.22. The number of carboxylic acid groups (broad SMARTS) is 1. The number of aromatic nitrogens is 1. The van der Waals surface area contributed by atoms with Gasteiger partial charge in [-0.25, -0.2) is 0 Å². The summed E-state index contributed by atoms with van der Waals surface area (Å²) in [6.45, 7) is 3.88. The highest BCUT2D eigenvalue weighted by Crippen LogP contribution is 2.06. The zero-order valence-corrected chi connectivity index (χ0v) is 10.6. The fourth-order valence-electron chi connectivity index (χ4n) is 1.67. The average molecular weight is 250 g/mol. The topological polar surface area (TPSA) is 79.3 Å². The number of hydrogen-bond acceptors (Lipinski definition) is 3. The maximum absolute atomic E-state index is 11.8. The summed E-state index contributed by atoms with van der Waals surface area (Å²) in [5, 5.41) is 11.6. The molecular formula is C13H18N2O3. The molecule has 0 saturated carbocycles. The Bertz CT molecular complexity index is 432. The van der Waals surface area contributed by atoms with E-state index in [4.69, 9.17) is 5.11 Å². The second-order valence-corrected chi connectivity index (χ2v) is 4.22. The number of hydrogen-bond donors (Lipinski definition) is 2. The first-order valence-electron chi connectivity index (χ1n) is 5.98. The molecule has 1 aromatic heterocycles. The van der Waals surface area contributed by atoms with Crippen LogP contribution in [-0.2, 0) is 4.79 Å². The summed E-state index contributed by atoms with van der Waals surface area (Å²) in [7, 11) is 0. The van der Waals surface area contributed by atoms with Crippen molar-refractivity contribution in [3.63, 3.8) is 0 Å². The van der Waals surface area contributed by atoms with E-state index in [1.54, 1.807) is 25.3 Å². The summed E-state index contributed by atoms with van der Waals surface area (Å²) >= 11 is 0. The first-order valence-corrected chi connectivity index (χ1v) is 5.98. The molecule has 1 atom stereocenters. The predicted molar refractivity (Wildman–Crippen MR) is 67.3 cm³/mol. The molecule has 1 amide bonds. The monoisotopic (exact) mass is 250 g/mol. The third-order valence-electron chi connectivity index (χ3n) is 2.65. The van der Waals surface area contributed by atoms with Gasteiger partial charge < -0.3 is 10.4 Å². The Balaban J connectivity index is 2.57. The molecule has 0 bridgehead atoms. The number of aryl methyl sites for hydroxylation is 1. The quantitative estimate of drug-likeness (QED) is 0.804. The minimum absolute atomic E-state index is 0.156. The largest absolute Gasteiger partial charge is 0.481 e. The van der Waals surface area contributed by atoms with E-state index in [1.807, 2.05) is 6.92 Å². The van der Waals surface area contributed by atoms with Crippen molar-refractivity contribution in [1.82, 2.24) is 10.3 Å². The third-order valence-corrected chi connectivity index (χ3v) is 2.65. The molecule has 0 aliphatic heterocycles. The molecule has 1 rings (SSSR count). The maximum Gasteiger partial charge on any atom is 0.308 e. The SMILES string of the molecule is CCCC(CNC(=O)c1ccnc(C)c1)C(=O)O. The molecule has 0 aromatic carbocycles. The number of carboxylic acids is 1. The number of aliphatic carboxylic acids is 1. The van der Waals surface area contributed by atoms with Gasteiger partial charge in [-0.2, -0.15) is 0 Å². The van der Waals surface area contributed by atoms with Gasteiger partial charge in [-0.05, 0) is 25.5 Å². The Morgan fingerprint density at radius 3 is 2.78 bits per heavy atom. The van der Waals surface area contributed by atoms with E-state index in [0.29, 0.717) is 12.0 Å². The highest BCUT2D eigenvalue weighted by molar-refractivity contribution is 5.94. The minimum atomic E-state index is -0.872. The van der Waals surface area contributed by atoms with E-state index >= 15 is 0 Å². The summed E-state index contributed by atoms with van der Waals surface area (Å²) in [5.41, 5.74) is 1.26. The molecular weight excluding hydrogens is 232 g/mol. The first-order chi connectivity index (χ1) is 8.54. The Kier molecular flexibility index (Phi) is 5.30. The number of carbonyl (C=O) groups is 2. The van der Waals surface area contributed by atoms with Gasteiger partial charge in [0, 0.05) is 24.0 Å². The van der Waals surface area contributed by atoms with Crippen molar-refractivity contribution in [3.8, 4) is 0 Å². The van der Waals surface area contributed by atoms with E-state index < -0.39 is 11.9 Å². The number of rotatable bonds is 6. The number of nitrogens with zero attached hydrogens (tertiary/aromatic N) is 1. The number of pyridine rings is 1. The maximum atomic E-state index is 11.8. The van der Waals surface area contributed by atoms with Crippen molar-refractivity contribution in [2.24, 2.45) is 5.92 Å². The van der Waals surface area contributed by atoms with Crippen molar-refractivity contribution in [1.29, 1.82) is 0 Å². The van der Waals surface area contributed by atoms with Gasteiger partial charge in [-0.3, -0.25) is 14.6 Å². The fraction of sp³-hybridized carbons (Fsp3) is 0.462. The van der Waals surface area contributed by atoms with Gasteiger partial charge in [0.05, 0.1) is 5.92 Å². The van der Waals surface area contributed by atoms with Crippen molar-refractivity contribution in [2.45, 2.75) is 26.7 Å². The zero-order valence-electron chi connectivity index (χ0n) is 10.6. The molecule has 0 aliphatic rings. The molecule has 1 heterocycles. The molecule has 5 nitrogen and oxygen atoms in total. The van der Waals surface area contributed by atoms with E-state index in [1.165, 1.54) is 0 Å². The van der Waals surface area contributed by atoms with Gasteiger partial charge in [0.1, 0.15) is 0 Å². The van der Waals surface area contributed by atoms with Gasteiger partial charge in [0.2, 0.25) is 0 Å². The van der Waals surface area contributed by atoms with Gasteiger partial charge in [0.25, 0.3) is 5.91 Å². The lowest BCUT2D eigenvalue weighted by molar-refractivity contribution is -0.141. The first kappa shape index (κ1) is 14.2. The molecule has 5 heteroatoms. The van der Waals surface area contributed by atoms with Crippen LogP contribution in [0.15, 0.2) is 18.3 Å². The summed E-state index contributed by atoms with van der Waals surface area (Å²) in [6, 6.07) is 3.28. The molecule has 0 aliphatic carbocycles. The van der Waals surface area contributed by atoms with Crippen LogP contribution in [0.3, 0.4) is 0 Å². The van der Waals surface area contributed by atoms with Crippen LogP contribution in [0, 0.1) is 12.8 Å². The summed E-state index contributed by atoms with van der Waals surface area (Å²) in [6.07, 6.45) is 2.90. The Morgan fingerprint density at radius 2 is 2.22 bits per heavy atom. The second kappa shape index (κ2) is 6.74. The van der Waals surface area contributed by atoms with Crippen molar-refractivity contribution in [2.75, 3.05) is 6.54 Å². The molecule has 0 fully saturated rings. The molecule has 0 spiro atoms. The highest BCUT2D eigenvalue weighted by Gasteiger charge is 2.17. The van der Waals surface area contributed by atoms with Crippen LogP contribution in [0.4, 0.5) is 0 Å². The molecule has 1 aromatic rings. The van der Waals surface area contributed by atoms with Crippen LogP contribution in [0.5, 0.6) is 0 Å². The van der Waals surface area contributed by atoms with Gasteiger partial charge in [0.15, 0.2) is 0 Å². The normalized spacial score (nSPS) is 11.9. The minimum Gasteiger partial charge on any atom is -0.481 e. The van der Waals surface area contributed by atoms with E-state index in [-0.39, 0.29) is 12.5 Å². The highest BCUT2D eigenvalue weighted by atomic mass is 16.4. The van der Waals surface area contributed by atoms with Gasteiger partial charge >= 0.3 is 5.97 Å². The molecule has 0 saturated heterocycles. The lowest BCUT2D eigenvalue weighted by Gasteiger charge is -2.12. The molecule has 18 heavy (non-hydrogen) atoms. The summed E-state index contributed by atoms with van der Waals surface area (Å²) < 4.78 is 0. The molecule has 98 valence electrons. The summed E-state index contributed by atoms with van der Waals surface area (Å²) in [5.74, 6) is -1.66. The average Bonchev–Trinajstić information content (AvgIpc) is 2.33. The van der Waals surface area contributed by atoms with Gasteiger partial charge in [-0.15, -0.1) is 0 Å². The fourth-order valence-corrected chi connectivity index (χ4v) is 1.67. The van der Waals surface area contributed by atoms with Crippen LogP contribution in [0.2, 0.25) is 0 Å². The van der Waals surface area contributed by atoms with Crippen LogP contribution >= 0.6 is 0 Å². The van der Waals surface area contributed by atoms with E-state index in [9.17, 15) is 9.59 Å². The van der Waals surface area contributed by atoms with E-state index in [0.717, 1.165) is 12.1 Å². The van der Waals surface area contributed by atoms with Crippen LogP contribution in [0.25, 0.3) is 0 Å². The van der Waals surface area contributed by atoms with Crippen LogP contribution in [0.1, 0.15) is 35.8 Å². The van der Waals surface area contributed by atoms with Crippen LogP contribution in [-0.4, -0.2) is 28.5 Å². The Morgan fingerprint density at radius 1 is 1.50 bits per heavy atom. The third kappa shape index (κ3) is 4.16. The van der Waals surface area contributed by atoms with Gasteiger partial charge in [-0.1, -0.05) is 13.3 Å². The molecule has 1 unspecified atom stereocenters. The standard InChI is InChI=1S/C13H18N2O3/c1-3-4-11(13(17)18)8-15-12(16)10-5-6-14-9(2)7-10/h5-7,11H,3-4,8H2,1-2H3,(H,15,16)(H,17,18). The van der Waals surface area contributed by atoms with E-state index in [2.05, 4.69) is 10.3 Å². The smallest absolute Gasteiger partial charge is 0.308 e. The predicted octanol–water partition coefficient (Wildman–Crippen LogP) is 1.62. The van der Waals surface area contributed by atoms with Crippen molar-refractivity contribution in [3.05, 3.63) is 29.6 Å². The Labute approximate surface area is 106 Å². The summed E-state index contributed by atoms with van der Waals surface area (Å²) in [4.78, 5) is 26.7. The zero-order chi connectivity index (χ0) is 13.5. The Hall–Kier alpha value is -1.91. The number of amides is 1. The van der Waals surface area contributed by atoms with Crippen molar-refractivity contribution < 1.29 is 14.7 Å². The number of nitrogens with one attached hydrogen (secondary N) is 1. The van der Waals surface area contributed by atoms with Crippen LogP contribution < -0.4 is 5.32 Å².